The zero-order valence-electron chi connectivity index (χ0n) is 11.1. The number of fused-ring (bicyclic) bond motifs is 5. The lowest BCUT2D eigenvalue weighted by molar-refractivity contribution is -0.119. The van der Waals surface area contributed by atoms with E-state index in [1.165, 1.54) is 5.56 Å². The van der Waals surface area contributed by atoms with Crippen LogP contribution in [-0.4, -0.2) is 5.78 Å². The zero-order chi connectivity index (χ0) is 13.7. The molecular weight excluding hydrogens is 270 g/mol. The molecule has 0 unspecified atom stereocenters. The van der Waals surface area contributed by atoms with E-state index in [-0.39, 0.29) is 17.6 Å². The lowest BCUT2D eigenvalue weighted by Crippen LogP contribution is -2.26. The lowest BCUT2D eigenvalue weighted by atomic mass is 9.84. The quantitative estimate of drug-likeness (QED) is 0.864. The maximum atomic E-state index is 12.3. The number of rotatable bonds is 3. The molecule has 1 aromatic carbocycles. The Morgan fingerprint density at radius 1 is 1.10 bits per heavy atom. The molecule has 0 saturated heterocycles. The molecule has 1 N–H and O–H groups in total. The number of ketones is 1. The Hall–Kier alpha value is -1.54. The zero-order valence-corrected chi connectivity index (χ0v) is 11.8. The minimum absolute atomic E-state index is 0.0933. The predicted molar refractivity (Wildman–Crippen MR) is 78.9 cm³/mol. The van der Waals surface area contributed by atoms with Gasteiger partial charge in [0.2, 0.25) is 0 Å². The summed E-state index contributed by atoms with van der Waals surface area (Å²) >= 11 is 6.30. The van der Waals surface area contributed by atoms with Gasteiger partial charge in [-0.05, 0) is 23.8 Å². The van der Waals surface area contributed by atoms with Gasteiger partial charge in [-0.25, -0.2) is 0 Å². The normalized spacial score (nSPS) is 34.0. The minimum atomic E-state index is 0.0933. The van der Waals surface area contributed by atoms with E-state index in [9.17, 15) is 4.79 Å². The molecule has 3 heteroatoms. The molecule has 0 aliphatic heterocycles. The highest BCUT2D eigenvalue weighted by molar-refractivity contribution is 6.44. The van der Waals surface area contributed by atoms with Gasteiger partial charge in [0.05, 0.1) is 0 Å². The van der Waals surface area contributed by atoms with E-state index in [2.05, 4.69) is 29.6 Å². The Kier molecular flexibility index (Phi) is 2.74. The molecule has 0 spiro atoms. The van der Waals surface area contributed by atoms with E-state index in [0.29, 0.717) is 16.9 Å². The van der Waals surface area contributed by atoms with Gasteiger partial charge >= 0.3 is 0 Å². The van der Waals surface area contributed by atoms with Gasteiger partial charge < -0.3 is 5.32 Å². The van der Waals surface area contributed by atoms with Crippen molar-refractivity contribution in [2.45, 2.75) is 13.0 Å². The highest BCUT2D eigenvalue weighted by Gasteiger charge is 2.54. The fourth-order valence-corrected chi connectivity index (χ4v) is 4.31. The fraction of sp³-hybridized carbons (Fsp3) is 0.353. The summed E-state index contributed by atoms with van der Waals surface area (Å²) in [6.07, 6.45) is 5.58. The molecule has 4 atom stereocenters. The molecule has 0 heterocycles. The molecule has 0 radical (unpaired) electrons. The minimum Gasteiger partial charge on any atom is -0.383 e. The van der Waals surface area contributed by atoms with Crippen LogP contribution in [0.5, 0.6) is 0 Å². The van der Waals surface area contributed by atoms with Crippen molar-refractivity contribution in [2.75, 3.05) is 0 Å². The summed E-state index contributed by atoms with van der Waals surface area (Å²) in [5.74, 6) is 1.42. The molecule has 20 heavy (non-hydrogen) atoms. The van der Waals surface area contributed by atoms with Gasteiger partial charge in [0.25, 0.3) is 0 Å². The molecule has 1 fully saturated rings. The standard InChI is InChI=1S/C17H16ClNO/c18-15-16(19-9-10-4-2-1-3-5-10)13-11-6-7-12(8-11)14(13)17(15)20/h1-7,11-14,19H,8-9H2/t11-,12+,13-,14+/m0/s1. The third kappa shape index (κ3) is 1.68. The van der Waals surface area contributed by atoms with Gasteiger partial charge in [0.15, 0.2) is 5.78 Å². The first-order chi connectivity index (χ1) is 9.75. The van der Waals surface area contributed by atoms with E-state index < -0.39 is 0 Å². The SMILES string of the molecule is O=C1C(Cl)=C(NCc2ccccc2)[C@@H]2[C@H]1[C@@H]1C=C[C@H]2C1. The molecule has 4 rings (SSSR count). The summed E-state index contributed by atoms with van der Waals surface area (Å²) in [6, 6.07) is 10.2. The average Bonchev–Trinajstić information content (AvgIpc) is 3.14. The van der Waals surface area contributed by atoms with Crippen LogP contribution in [0.25, 0.3) is 0 Å². The van der Waals surface area contributed by atoms with Crippen LogP contribution < -0.4 is 5.32 Å². The van der Waals surface area contributed by atoms with Crippen molar-refractivity contribution in [1.82, 2.24) is 5.32 Å². The number of Topliss-reactive ketones (excluding diaryl/α,β-unsaturated/α-hetero) is 1. The average molecular weight is 286 g/mol. The van der Waals surface area contributed by atoms with Gasteiger partial charge in [0, 0.05) is 24.1 Å². The second kappa shape index (κ2) is 4.49. The molecule has 0 aromatic heterocycles. The predicted octanol–water partition coefficient (Wildman–Crippen LogP) is 3.25. The molecule has 3 aliphatic carbocycles. The largest absolute Gasteiger partial charge is 0.383 e. The number of benzene rings is 1. The summed E-state index contributed by atoms with van der Waals surface area (Å²) in [5.41, 5.74) is 2.18. The fourth-order valence-electron chi connectivity index (χ4n) is 3.99. The third-order valence-corrected chi connectivity index (χ3v) is 5.26. The Labute approximate surface area is 123 Å². The van der Waals surface area contributed by atoms with Gasteiger partial charge in [0.1, 0.15) is 5.03 Å². The third-order valence-electron chi connectivity index (χ3n) is 4.87. The molecule has 1 saturated carbocycles. The smallest absolute Gasteiger partial charge is 0.180 e. The Morgan fingerprint density at radius 2 is 1.80 bits per heavy atom. The highest BCUT2D eigenvalue weighted by Crippen LogP contribution is 2.55. The Balaban J connectivity index is 1.58. The molecule has 3 aliphatic rings. The first-order valence-corrected chi connectivity index (χ1v) is 7.53. The van der Waals surface area contributed by atoms with Gasteiger partial charge in [-0.15, -0.1) is 0 Å². The van der Waals surface area contributed by atoms with Crippen LogP contribution >= 0.6 is 11.6 Å². The topological polar surface area (TPSA) is 29.1 Å². The number of nitrogens with one attached hydrogen (secondary N) is 1. The number of allylic oxidation sites excluding steroid dienone is 4. The van der Waals surface area contributed by atoms with Crippen LogP contribution in [0.2, 0.25) is 0 Å². The van der Waals surface area contributed by atoms with Crippen LogP contribution in [0.1, 0.15) is 12.0 Å². The summed E-state index contributed by atoms with van der Waals surface area (Å²) in [7, 11) is 0. The molecular formula is C17H16ClNO. The number of hydrogen-bond donors (Lipinski definition) is 1. The summed E-state index contributed by atoms with van der Waals surface area (Å²) in [5, 5.41) is 3.87. The maximum Gasteiger partial charge on any atom is 0.180 e. The molecule has 2 bridgehead atoms. The molecule has 1 aromatic rings. The number of carbonyl (C=O) groups is 1. The summed E-state index contributed by atoms with van der Waals surface area (Å²) in [6.45, 7) is 0.726. The second-order valence-corrected chi connectivity index (χ2v) is 6.31. The number of halogens is 1. The van der Waals surface area contributed by atoms with E-state index in [1.807, 2.05) is 18.2 Å². The summed E-state index contributed by atoms with van der Waals surface area (Å²) < 4.78 is 0. The van der Waals surface area contributed by atoms with Crippen LogP contribution in [-0.2, 0) is 11.3 Å². The van der Waals surface area contributed by atoms with Crippen molar-refractivity contribution in [3.8, 4) is 0 Å². The molecule has 102 valence electrons. The van der Waals surface area contributed by atoms with Crippen LogP contribution in [0.15, 0.2) is 53.2 Å². The Bertz CT molecular complexity index is 619. The van der Waals surface area contributed by atoms with Crippen molar-refractivity contribution < 1.29 is 4.79 Å². The highest BCUT2D eigenvalue weighted by atomic mass is 35.5. The van der Waals surface area contributed by atoms with E-state index in [4.69, 9.17) is 11.6 Å². The number of carbonyl (C=O) groups excluding carboxylic acids is 1. The van der Waals surface area contributed by atoms with E-state index >= 15 is 0 Å². The maximum absolute atomic E-state index is 12.3. The van der Waals surface area contributed by atoms with Crippen molar-refractivity contribution >= 4 is 17.4 Å². The van der Waals surface area contributed by atoms with Crippen molar-refractivity contribution in [3.63, 3.8) is 0 Å². The van der Waals surface area contributed by atoms with Crippen molar-refractivity contribution in [2.24, 2.45) is 23.7 Å². The van der Waals surface area contributed by atoms with Crippen LogP contribution in [0.3, 0.4) is 0 Å². The monoisotopic (exact) mass is 285 g/mol. The first kappa shape index (κ1) is 12.2. The molecule has 0 amide bonds. The Morgan fingerprint density at radius 3 is 2.55 bits per heavy atom. The number of hydrogen-bond acceptors (Lipinski definition) is 2. The van der Waals surface area contributed by atoms with Crippen LogP contribution in [0, 0.1) is 23.7 Å². The van der Waals surface area contributed by atoms with Crippen molar-refractivity contribution in [3.05, 3.63) is 58.8 Å². The second-order valence-electron chi connectivity index (χ2n) is 5.93. The van der Waals surface area contributed by atoms with Gasteiger partial charge in [-0.1, -0.05) is 54.1 Å². The summed E-state index contributed by atoms with van der Waals surface area (Å²) in [4.78, 5) is 12.3. The van der Waals surface area contributed by atoms with Crippen molar-refractivity contribution in [1.29, 1.82) is 0 Å². The van der Waals surface area contributed by atoms with Gasteiger partial charge in [-0.3, -0.25) is 4.79 Å². The van der Waals surface area contributed by atoms with E-state index in [0.717, 1.165) is 18.7 Å². The molecule has 2 nitrogen and oxygen atoms in total. The van der Waals surface area contributed by atoms with Crippen LogP contribution in [0.4, 0.5) is 0 Å². The van der Waals surface area contributed by atoms with Gasteiger partial charge in [-0.2, -0.15) is 0 Å². The van der Waals surface area contributed by atoms with E-state index in [1.54, 1.807) is 0 Å². The lowest BCUT2D eigenvalue weighted by Gasteiger charge is -2.23. The first-order valence-electron chi connectivity index (χ1n) is 7.15.